The van der Waals surface area contributed by atoms with Crippen molar-refractivity contribution in [2.24, 2.45) is 0 Å². The van der Waals surface area contributed by atoms with Gasteiger partial charge in [-0.05, 0) is 61.3 Å². The van der Waals surface area contributed by atoms with E-state index in [1.807, 2.05) is 13.0 Å². The summed E-state index contributed by atoms with van der Waals surface area (Å²) < 4.78 is 42.4. The Balaban J connectivity index is 1.81. The number of aryl methyl sites for hydroxylation is 1. The van der Waals surface area contributed by atoms with Crippen LogP contribution >= 0.6 is 0 Å². The Kier molecular flexibility index (Phi) is 4.66. The highest BCUT2D eigenvalue weighted by Gasteiger charge is 2.25. The minimum absolute atomic E-state index is 0.210. The van der Waals surface area contributed by atoms with E-state index in [2.05, 4.69) is 15.5 Å². The maximum Gasteiger partial charge on any atom is 0.159 e. The normalized spacial score (nSPS) is 16.7. The van der Waals surface area contributed by atoms with E-state index in [-0.39, 0.29) is 11.7 Å². The van der Waals surface area contributed by atoms with Crippen LogP contribution < -0.4 is 5.32 Å². The standard InChI is InChI=1S/C21H18F3N3/c1-12-2-7-20(27-26-12)16-5-4-15-14(8-9-25-11-17(15)21(16)24)13-3-6-18(22)19(23)10-13/h2-7,10,14,25H,8-9,11H2,1H3. The van der Waals surface area contributed by atoms with Crippen LogP contribution in [0.4, 0.5) is 13.2 Å². The number of hydrogen-bond acceptors (Lipinski definition) is 3. The molecule has 0 bridgehead atoms. The molecule has 0 spiro atoms. The summed E-state index contributed by atoms with van der Waals surface area (Å²) in [5.74, 6) is -2.34. The fraction of sp³-hybridized carbons (Fsp3) is 0.238. The van der Waals surface area contributed by atoms with Crippen LogP contribution in [0.15, 0.2) is 42.5 Å². The molecule has 6 heteroatoms. The molecule has 0 fully saturated rings. The van der Waals surface area contributed by atoms with E-state index in [0.717, 1.165) is 17.3 Å². The molecule has 1 N–H and O–H groups in total. The molecule has 1 aliphatic heterocycles. The third-order valence-electron chi connectivity index (χ3n) is 4.99. The molecule has 0 amide bonds. The van der Waals surface area contributed by atoms with Crippen molar-refractivity contribution >= 4 is 0 Å². The van der Waals surface area contributed by atoms with Crippen LogP contribution in [0.1, 0.15) is 34.7 Å². The van der Waals surface area contributed by atoms with E-state index in [1.165, 1.54) is 6.07 Å². The van der Waals surface area contributed by atoms with Gasteiger partial charge in [0.05, 0.1) is 11.4 Å². The molecule has 0 radical (unpaired) electrons. The minimum Gasteiger partial charge on any atom is -0.313 e. The van der Waals surface area contributed by atoms with Gasteiger partial charge in [0.15, 0.2) is 11.6 Å². The third-order valence-corrected chi connectivity index (χ3v) is 4.99. The number of benzene rings is 2. The second-order valence-electron chi connectivity index (χ2n) is 6.75. The lowest BCUT2D eigenvalue weighted by molar-refractivity contribution is 0.505. The minimum atomic E-state index is -0.890. The van der Waals surface area contributed by atoms with Crippen LogP contribution in [-0.4, -0.2) is 16.7 Å². The smallest absolute Gasteiger partial charge is 0.159 e. The van der Waals surface area contributed by atoms with Gasteiger partial charge in [0, 0.05) is 23.6 Å². The lowest BCUT2D eigenvalue weighted by Gasteiger charge is -2.19. The second-order valence-corrected chi connectivity index (χ2v) is 6.75. The summed E-state index contributed by atoms with van der Waals surface area (Å²) in [4.78, 5) is 0. The lowest BCUT2D eigenvalue weighted by Crippen LogP contribution is -2.13. The largest absolute Gasteiger partial charge is 0.313 e. The van der Waals surface area contributed by atoms with Gasteiger partial charge in [-0.25, -0.2) is 13.2 Å². The van der Waals surface area contributed by atoms with Crippen LogP contribution in [-0.2, 0) is 6.54 Å². The molecule has 27 heavy (non-hydrogen) atoms. The summed E-state index contributed by atoms with van der Waals surface area (Å²) in [5.41, 5.74) is 3.56. The van der Waals surface area contributed by atoms with Gasteiger partial charge < -0.3 is 5.32 Å². The van der Waals surface area contributed by atoms with Crippen molar-refractivity contribution in [1.82, 2.24) is 15.5 Å². The molecular formula is C21H18F3N3. The molecule has 2 heterocycles. The van der Waals surface area contributed by atoms with E-state index in [9.17, 15) is 8.78 Å². The molecule has 1 aromatic heterocycles. The Morgan fingerprint density at radius 2 is 1.81 bits per heavy atom. The Labute approximate surface area is 155 Å². The molecule has 1 atom stereocenters. The maximum absolute atomic E-state index is 15.3. The monoisotopic (exact) mass is 369 g/mol. The van der Waals surface area contributed by atoms with Gasteiger partial charge in [-0.2, -0.15) is 10.2 Å². The Morgan fingerprint density at radius 1 is 0.963 bits per heavy atom. The predicted molar refractivity (Wildman–Crippen MR) is 96.7 cm³/mol. The molecule has 2 aromatic carbocycles. The molecule has 0 saturated carbocycles. The van der Waals surface area contributed by atoms with Gasteiger partial charge in [-0.3, -0.25) is 0 Å². The molecule has 1 unspecified atom stereocenters. The molecule has 138 valence electrons. The van der Waals surface area contributed by atoms with E-state index < -0.39 is 11.6 Å². The first-order chi connectivity index (χ1) is 13.0. The van der Waals surface area contributed by atoms with Crippen molar-refractivity contribution in [1.29, 1.82) is 0 Å². The Bertz CT molecular complexity index is 987. The SMILES string of the molecule is Cc1ccc(-c2ccc3c(c2F)CNCCC3c2ccc(F)c(F)c2)nn1. The zero-order valence-electron chi connectivity index (χ0n) is 14.8. The van der Waals surface area contributed by atoms with Crippen LogP contribution in [0.2, 0.25) is 0 Å². The van der Waals surface area contributed by atoms with Crippen molar-refractivity contribution < 1.29 is 13.2 Å². The van der Waals surface area contributed by atoms with E-state index in [1.54, 1.807) is 24.3 Å². The summed E-state index contributed by atoms with van der Waals surface area (Å²) in [6.07, 6.45) is 0.668. The van der Waals surface area contributed by atoms with Crippen LogP contribution in [0.3, 0.4) is 0 Å². The molecule has 3 nitrogen and oxygen atoms in total. The summed E-state index contributed by atoms with van der Waals surface area (Å²) in [7, 11) is 0. The number of aromatic nitrogens is 2. The molecular weight excluding hydrogens is 351 g/mol. The van der Waals surface area contributed by atoms with Gasteiger partial charge in [-0.1, -0.05) is 12.1 Å². The fourth-order valence-electron chi connectivity index (χ4n) is 3.57. The van der Waals surface area contributed by atoms with Gasteiger partial charge in [0.25, 0.3) is 0 Å². The third kappa shape index (κ3) is 3.32. The van der Waals surface area contributed by atoms with Crippen LogP contribution in [0, 0.1) is 24.4 Å². The van der Waals surface area contributed by atoms with Crippen molar-refractivity contribution in [2.45, 2.75) is 25.8 Å². The zero-order chi connectivity index (χ0) is 19.0. The van der Waals surface area contributed by atoms with Gasteiger partial charge >= 0.3 is 0 Å². The predicted octanol–water partition coefficient (Wildman–Crippen LogP) is 4.49. The number of halogens is 3. The summed E-state index contributed by atoms with van der Waals surface area (Å²) >= 11 is 0. The zero-order valence-corrected chi connectivity index (χ0v) is 14.8. The fourth-order valence-corrected chi connectivity index (χ4v) is 3.57. The number of hydrogen-bond donors (Lipinski definition) is 1. The topological polar surface area (TPSA) is 37.8 Å². The number of fused-ring (bicyclic) bond motifs is 1. The first-order valence-corrected chi connectivity index (χ1v) is 8.82. The van der Waals surface area contributed by atoms with E-state index in [0.29, 0.717) is 41.9 Å². The maximum atomic E-state index is 15.3. The molecule has 4 rings (SSSR count). The van der Waals surface area contributed by atoms with Gasteiger partial charge in [-0.15, -0.1) is 0 Å². The van der Waals surface area contributed by atoms with Crippen molar-refractivity contribution in [3.63, 3.8) is 0 Å². The summed E-state index contributed by atoms with van der Waals surface area (Å²) in [5, 5.41) is 11.3. The summed E-state index contributed by atoms with van der Waals surface area (Å²) in [6.45, 7) is 2.84. The van der Waals surface area contributed by atoms with E-state index in [4.69, 9.17) is 0 Å². The number of nitrogens with one attached hydrogen (secondary N) is 1. The number of rotatable bonds is 2. The highest BCUT2D eigenvalue weighted by molar-refractivity contribution is 5.62. The first-order valence-electron chi connectivity index (χ1n) is 8.82. The van der Waals surface area contributed by atoms with Crippen molar-refractivity contribution in [2.75, 3.05) is 6.54 Å². The van der Waals surface area contributed by atoms with Crippen molar-refractivity contribution in [3.05, 3.63) is 82.3 Å². The molecule has 3 aromatic rings. The van der Waals surface area contributed by atoms with Crippen LogP contribution in [0.5, 0.6) is 0 Å². The number of nitrogens with zero attached hydrogens (tertiary/aromatic N) is 2. The molecule has 0 aliphatic carbocycles. The van der Waals surface area contributed by atoms with Crippen LogP contribution in [0.25, 0.3) is 11.3 Å². The Morgan fingerprint density at radius 3 is 2.56 bits per heavy atom. The average Bonchev–Trinajstić information content (AvgIpc) is 2.88. The van der Waals surface area contributed by atoms with Gasteiger partial charge in [0.2, 0.25) is 0 Å². The quantitative estimate of drug-likeness (QED) is 0.723. The Hall–Kier alpha value is -2.73. The average molecular weight is 369 g/mol. The highest BCUT2D eigenvalue weighted by atomic mass is 19.2. The van der Waals surface area contributed by atoms with E-state index >= 15 is 4.39 Å². The second kappa shape index (κ2) is 7.12. The van der Waals surface area contributed by atoms with Crippen molar-refractivity contribution in [3.8, 4) is 11.3 Å². The molecule has 0 saturated heterocycles. The highest BCUT2D eigenvalue weighted by Crippen LogP contribution is 2.36. The first kappa shape index (κ1) is 17.7. The lowest BCUT2D eigenvalue weighted by atomic mass is 9.85. The van der Waals surface area contributed by atoms with Gasteiger partial charge in [0.1, 0.15) is 5.82 Å². The summed E-state index contributed by atoms with van der Waals surface area (Å²) in [6, 6.07) is 11.0. The molecule has 1 aliphatic rings.